The molecule has 0 fully saturated rings. The van der Waals surface area contributed by atoms with Gasteiger partial charge in [0, 0.05) is 5.69 Å². The van der Waals surface area contributed by atoms with Gasteiger partial charge in [0.15, 0.2) is 17.9 Å². The molecule has 1 amide bonds. The highest BCUT2D eigenvalue weighted by Crippen LogP contribution is 2.23. The van der Waals surface area contributed by atoms with Crippen LogP contribution in [-0.4, -0.2) is 18.0 Å². The van der Waals surface area contributed by atoms with Gasteiger partial charge in [0.05, 0.1) is 5.56 Å². The molecule has 26 heavy (non-hydrogen) atoms. The number of hydrogen-bond acceptors (Lipinski definition) is 4. The molecule has 0 aliphatic carbocycles. The van der Waals surface area contributed by atoms with Crippen LogP contribution in [0, 0.1) is 11.6 Å². The minimum absolute atomic E-state index is 0.0370. The predicted octanol–water partition coefficient (Wildman–Crippen LogP) is 4.70. The molecule has 0 saturated heterocycles. The molecule has 7 heteroatoms. The summed E-state index contributed by atoms with van der Waals surface area (Å²) < 4.78 is 37.8. The van der Waals surface area contributed by atoms with Gasteiger partial charge in [0.2, 0.25) is 0 Å². The average molecular weight is 363 g/mol. The van der Waals surface area contributed by atoms with Crippen molar-refractivity contribution in [2.24, 2.45) is 0 Å². The number of aldehydes is 1. The Morgan fingerprint density at radius 1 is 1.19 bits per heavy atom. The number of amides is 1. The Balaban J connectivity index is 2.05. The van der Waals surface area contributed by atoms with Gasteiger partial charge in [-0.25, -0.2) is 13.6 Å². The van der Waals surface area contributed by atoms with Gasteiger partial charge in [-0.15, -0.1) is 0 Å². The molecule has 5 nitrogen and oxygen atoms in total. The van der Waals surface area contributed by atoms with Crippen molar-refractivity contribution in [1.82, 2.24) is 0 Å². The summed E-state index contributed by atoms with van der Waals surface area (Å²) in [5.74, 6) is -2.24. The van der Waals surface area contributed by atoms with Crippen molar-refractivity contribution in [3.63, 3.8) is 0 Å². The van der Waals surface area contributed by atoms with E-state index < -0.39 is 28.9 Å². The Kier molecular flexibility index (Phi) is 5.92. The molecule has 0 spiro atoms. The Hall–Kier alpha value is -2.96. The van der Waals surface area contributed by atoms with E-state index >= 15 is 0 Å². The molecule has 0 heterocycles. The second-order valence-corrected chi connectivity index (χ2v) is 6.51. The Morgan fingerprint density at radius 2 is 1.92 bits per heavy atom. The number of benzene rings is 2. The molecule has 0 atom stereocenters. The van der Waals surface area contributed by atoms with E-state index in [0.717, 1.165) is 12.1 Å². The Labute approximate surface area is 149 Å². The van der Waals surface area contributed by atoms with Crippen LogP contribution >= 0.6 is 0 Å². The van der Waals surface area contributed by atoms with Gasteiger partial charge in [0.1, 0.15) is 18.0 Å². The van der Waals surface area contributed by atoms with Gasteiger partial charge in [0.25, 0.3) is 0 Å². The van der Waals surface area contributed by atoms with Crippen molar-refractivity contribution in [2.75, 3.05) is 5.32 Å². The average Bonchev–Trinajstić information content (AvgIpc) is 2.53. The van der Waals surface area contributed by atoms with E-state index in [4.69, 9.17) is 9.47 Å². The van der Waals surface area contributed by atoms with E-state index in [9.17, 15) is 18.4 Å². The first kappa shape index (κ1) is 19.4. The van der Waals surface area contributed by atoms with Crippen LogP contribution in [0.1, 0.15) is 36.7 Å². The van der Waals surface area contributed by atoms with Crippen LogP contribution in [0.4, 0.5) is 19.3 Å². The second kappa shape index (κ2) is 7.95. The first-order chi connectivity index (χ1) is 12.2. The van der Waals surface area contributed by atoms with Crippen LogP contribution in [0.5, 0.6) is 5.75 Å². The highest BCUT2D eigenvalue weighted by atomic mass is 19.1. The van der Waals surface area contributed by atoms with Crippen LogP contribution < -0.4 is 10.1 Å². The number of anilines is 1. The Bertz CT molecular complexity index is 816. The van der Waals surface area contributed by atoms with Gasteiger partial charge in [-0.2, -0.15) is 0 Å². The van der Waals surface area contributed by atoms with Crippen molar-refractivity contribution >= 4 is 18.1 Å². The van der Waals surface area contributed by atoms with E-state index in [1.807, 2.05) is 0 Å². The van der Waals surface area contributed by atoms with E-state index in [1.54, 1.807) is 45.0 Å². The minimum atomic E-state index is -1.05. The lowest BCUT2D eigenvalue weighted by atomic mass is 10.2. The highest BCUT2D eigenvalue weighted by molar-refractivity contribution is 5.84. The topological polar surface area (TPSA) is 64.6 Å². The molecule has 138 valence electrons. The van der Waals surface area contributed by atoms with Crippen molar-refractivity contribution in [2.45, 2.75) is 33.0 Å². The number of carbonyl (C=O) groups is 2. The lowest BCUT2D eigenvalue weighted by molar-refractivity contribution is 0.0635. The highest BCUT2D eigenvalue weighted by Gasteiger charge is 2.17. The molecule has 0 radical (unpaired) electrons. The first-order valence-corrected chi connectivity index (χ1v) is 7.84. The van der Waals surface area contributed by atoms with Crippen molar-refractivity contribution in [3.05, 3.63) is 59.2 Å². The zero-order valence-corrected chi connectivity index (χ0v) is 14.6. The number of halogens is 2. The molecule has 0 bridgehead atoms. The molecular weight excluding hydrogens is 344 g/mol. The van der Waals surface area contributed by atoms with Gasteiger partial charge in [-0.05, 0) is 50.6 Å². The summed E-state index contributed by atoms with van der Waals surface area (Å²) in [5.41, 5.74) is -0.187. The van der Waals surface area contributed by atoms with Gasteiger partial charge in [-0.1, -0.05) is 12.1 Å². The van der Waals surface area contributed by atoms with Gasteiger partial charge < -0.3 is 9.47 Å². The number of nitrogens with one attached hydrogen (secondary N) is 1. The SMILES string of the molecule is CC(C)(C)OC(=O)Nc1cccc(COc2ccc(F)c(C=O)c2F)c1. The third-order valence-corrected chi connectivity index (χ3v) is 3.18. The number of hydrogen-bond donors (Lipinski definition) is 1. The lowest BCUT2D eigenvalue weighted by Gasteiger charge is -2.19. The van der Waals surface area contributed by atoms with Crippen molar-refractivity contribution in [3.8, 4) is 5.75 Å². The maximum Gasteiger partial charge on any atom is 0.412 e. The summed E-state index contributed by atoms with van der Waals surface area (Å²) >= 11 is 0. The van der Waals surface area contributed by atoms with Crippen LogP contribution in [0.25, 0.3) is 0 Å². The molecule has 1 N–H and O–H groups in total. The molecule has 0 aliphatic rings. The van der Waals surface area contributed by atoms with Crippen LogP contribution in [0.15, 0.2) is 36.4 Å². The zero-order valence-electron chi connectivity index (χ0n) is 14.6. The molecule has 0 saturated carbocycles. The van der Waals surface area contributed by atoms with Crippen molar-refractivity contribution in [1.29, 1.82) is 0 Å². The summed E-state index contributed by atoms with van der Waals surface area (Å²) in [7, 11) is 0. The summed E-state index contributed by atoms with van der Waals surface area (Å²) in [6.45, 7) is 5.22. The fourth-order valence-electron chi connectivity index (χ4n) is 2.09. The van der Waals surface area contributed by atoms with E-state index in [1.165, 1.54) is 0 Å². The Morgan fingerprint density at radius 3 is 2.58 bits per heavy atom. The van der Waals surface area contributed by atoms with Crippen molar-refractivity contribution < 1.29 is 27.8 Å². The van der Waals surface area contributed by atoms with Gasteiger partial charge in [-0.3, -0.25) is 10.1 Å². The quantitative estimate of drug-likeness (QED) is 0.782. The van der Waals surface area contributed by atoms with E-state index in [-0.39, 0.29) is 18.6 Å². The van der Waals surface area contributed by atoms with E-state index in [2.05, 4.69) is 5.32 Å². The van der Waals surface area contributed by atoms with Crippen LogP contribution in [0.2, 0.25) is 0 Å². The first-order valence-electron chi connectivity index (χ1n) is 7.84. The molecule has 2 aromatic rings. The van der Waals surface area contributed by atoms with Crippen LogP contribution in [0.3, 0.4) is 0 Å². The fraction of sp³-hybridized carbons (Fsp3) is 0.263. The second-order valence-electron chi connectivity index (χ2n) is 6.51. The number of carbonyl (C=O) groups excluding carboxylic acids is 2. The minimum Gasteiger partial charge on any atom is -0.486 e. The summed E-state index contributed by atoms with van der Waals surface area (Å²) in [5, 5.41) is 2.59. The fourth-order valence-corrected chi connectivity index (χ4v) is 2.09. The maximum atomic E-state index is 14.0. The summed E-state index contributed by atoms with van der Waals surface area (Å²) in [6.07, 6.45) is -0.501. The van der Waals surface area contributed by atoms with Gasteiger partial charge >= 0.3 is 6.09 Å². The molecule has 2 aromatic carbocycles. The normalized spacial score (nSPS) is 11.0. The molecule has 0 unspecified atom stereocenters. The van der Waals surface area contributed by atoms with E-state index in [0.29, 0.717) is 11.3 Å². The lowest BCUT2D eigenvalue weighted by Crippen LogP contribution is -2.27. The third kappa shape index (κ3) is 5.27. The zero-order chi connectivity index (χ0) is 19.3. The third-order valence-electron chi connectivity index (χ3n) is 3.18. The standard InChI is InChI=1S/C19H19F2NO4/c1-19(2,3)26-18(24)22-13-6-4-5-12(9-13)11-25-16-8-7-15(20)14(10-23)17(16)21/h4-10H,11H2,1-3H3,(H,22,24). The maximum absolute atomic E-state index is 14.0. The number of ether oxygens (including phenoxy) is 2. The predicted molar refractivity (Wildman–Crippen MR) is 92.4 cm³/mol. The molecular formula is C19H19F2NO4. The van der Waals surface area contributed by atoms with Crippen LogP contribution in [-0.2, 0) is 11.3 Å². The molecule has 2 rings (SSSR count). The smallest absolute Gasteiger partial charge is 0.412 e. The summed E-state index contributed by atoms with van der Waals surface area (Å²) in [6, 6.07) is 8.76. The number of rotatable bonds is 5. The monoisotopic (exact) mass is 363 g/mol. The molecule has 0 aromatic heterocycles. The largest absolute Gasteiger partial charge is 0.486 e. The summed E-state index contributed by atoms with van der Waals surface area (Å²) in [4.78, 5) is 22.5. The molecule has 0 aliphatic heterocycles.